The standard InChI is InChI=1S/C16H33NO2/c1-5-15(6-2)17(9-10-19-4)12-14-11-13(3)7-8-16(14)18/h13-16,18H,5-12H2,1-4H3. The Kier molecular flexibility index (Phi) is 7.96. The zero-order valence-electron chi connectivity index (χ0n) is 13.3. The number of hydrogen-bond donors (Lipinski definition) is 1. The molecular weight excluding hydrogens is 238 g/mol. The molecule has 19 heavy (non-hydrogen) atoms. The molecule has 0 aromatic rings. The molecule has 1 rings (SSSR count). The van der Waals surface area contributed by atoms with E-state index in [1.54, 1.807) is 7.11 Å². The minimum atomic E-state index is -0.101. The average Bonchev–Trinajstić information content (AvgIpc) is 2.41. The van der Waals surface area contributed by atoms with E-state index in [-0.39, 0.29) is 6.10 Å². The number of aliphatic hydroxyl groups excluding tert-OH is 1. The van der Waals surface area contributed by atoms with Gasteiger partial charge in [0.2, 0.25) is 0 Å². The molecule has 0 aromatic carbocycles. The summed E-state index contributed by atoms with van der Waals surface area (Å²) in [6.07, 6.45) is 5.59. The van der Waals surface area contributed by atoms with Crippen molar-refractivity contribution in [3.05, 3.63) is 0 Å². The molecule has 0 radical (unpaired) electrons. The van der Waals surface area contributed by atoms with E-state index in [2.05, 4.69) is 25.7 Å². The van der Waals surface area contributed by atoms with E-state index in [4.69, 9.17) is 4.74 Å². The molecule has 0 spiro atoms. The molecule has 1 N–H and O–H groups in total. The molecule has 0 aliphatic heterocycles. The van der Waals surface area contributed by atoms with E-state index >= 15 is 0 Å². The Bertz CT molecular complexity index is 231. The number of methoxy groups -OCH3 is 1. The normalized spacial score (nSPS) is 28.3. The van der Waals surface area contributed by atoms with Crippen LogP contribution in [0.4, 0.5) is 0 Å². The van der Waals surface area contributed by atoms with Crippen molar-refractivity contribution in [1.29, 1.82) is 0 Å². The van der Waals surface area contributed by atoms with Gasteiger partial charge in [0, 0.05) is 26.2 Å². The smallest absolute Gasteiger partial charge is 0.0589 e. The lowest BCUT2D eigenvalue weighted by Gasteiger charge is -2.38. The highest BCUT2D eigenvalue weighted by atomic mass is 16.5. The summed E-state index contributed by atoms with van der Waals surface area (Å²) in [5.74, 6) is 1.21. The predicted octanol–water partition coefficient (Wildman–Crippen LogP) is 2.92. The first-order valence-corrected chi connectivity index (χ1v) is 8.03. The van der Waals surface area contributed by atoms with Crippen molar-refractivity contribution in [3.8, 4) is 0 Å². The summed E-state index contributed by atoms with van der Waals surface area (Å²) in [6, 6.07) is 0.625. The average molecular weight is 271 g/mol. The van der Waals surface area contributed by atoms with Crippen LogP contribution >= 0.6 is 0 Å². The number of nitrogens with zero attached hydrogens (tertiary/aromatic N) is 1. The number of ether oxygens (including phenoxy) is 1. The highest BCUT2D eigenvalue weighted by Crippen LogP contribution is 2.30. The number of hydrogen-bond acceptors (Lipinski definition) is 3. The lowest BCUT2D eigenvalue weighted by molar-refractivity contribution is 0.0138. The summed E-state index contributed by atoms with van der Waals surface area (Å²) in [7, 11) is 1.77. The van der Waals surface area contributed by atoms with Crippen LogP contribution in [0, 0.1) is 11.8 Å². The Morgan fingerprint density at radius 1 is 1.26 bits per heavy atom. The lowest BCUT2D eigenvalue weighted by Crippen LogP contribution is -2.44. The maximum Gasteiger partial charge on any atom is 0.0589 e. The van der Waals surface area contributed by atoms with Gasteiger partial charge in [-0.3, -0.25) is 4.90 Å². The number of aliphatic hydroxyl groups is 1. The molecule has 1 saturated carbocycles. The van der Waals surface area contributed by atoms with Crippen LogP contribution in [0.3, 0.4) is 0 Å². The molecule has 114 valence electrons. The van der Waals surface area contributed by atoms with Gasteiger partial charge in [-0.15, -0.1) is 0 Å². The first-order chi connectivity index (χ1) is 9.12. The van der Waals surface area contributed by atoms with Crippen LogP contribution in [0.1, 0.15) is 52.9 Å². The molecule has 3 heteroatoms. The monoisotopic (exact) mass is 271 g/mol. The van der Waals surface area contributed by atoms with Gasteiger partial charge < -0.3 is 9.84 Å². The summed E-state index contributed by atoms with van der Waals surface area (Å²) < 4.78 is 5.24. The highest BCUT2D eigenvalue weighted by molar-refractivity contribution is 4.82. The maximum atomic E-state index is 10.2. The minimum absolute atomic E-state index is 0.101. The van der Waals surface area contributed by atoms with Crippen LogP contribution in [0.15, 0.2) is 0 Å². The zero-order chi connectivity index (χ0) is 14.3. The fourth-order valence-electron chi connectivity index (χ4n) is 3.42. The molecule has 3 nitrogen and oxygen atoms in total. The van der Waals surface area contributed by atoms with E-state index in [9.17, 15) is 5.11 Å². The van der Waals surface area contributed by atoms with Gasteiger partial charge in [-0.2, -0.15) is 0 Å². The van der Waals surface area contributed by atoms with Crippen LogP contribution in [-0.2, 0) is 4.74 Å². The van der Waals surface area contributed by atoms with Gasteiger partial charge in [-0.1, -0.05) is 20.8 Å². The van der Waals surface area contributed by atoms with Crippen LogP contribution in [0.5, 0.6) is 0 Å². The third kappa shape index (κ3) is 5.41. The van der Waals surface area contributed by atoms with E-state index in [0.29, 0.717) is 12.0 Å². The van der Waals surface area contributed by atoms with Gasteiger partial charge in [-0.05, 0) is 43.9 Å². The Hall–Kier alpha value is -0.120. The van der Waals surface area contributed by atoms with Gasteiger partial charge in [0.1, 0.15) is 0 Å². The Labute approximate surface area is 119 Å². The van der Waals surface area contributed by atoms with Gasteiger partial charge >= 0.3 is 0 Å². The quantitative estimate of drug-likeness (QED) is 0.737. The molecular formula is C16H33NO2. The summed E-state index contributed by atoms with van der Waals surface area (Å²) in [6.45, 7) is 9.63. The molecule has 1 fully saturated rings. The van der Waals surface area contributed by atoms with Crippen molar-refractivity contribution in [2.45, 2.75) is 65.0 Å². The third-order valence-corrected chi connectivity index (χ3v) is 4.72. The van der Waals surface area contributed by atoms with E-state index in [1.807, 2.05) is 0 Å². The topological polar surface area (TPSA) is 32.7 Å². The molecule has 3 unspecified atom stereocenters. The molecule has 0 amide bonds. The minimum Gasteiger partial charge on any atom is -0.393 e. The van der Waals surface area contributed by atoms with Gasteiger partial charge in [-0.25, -0.2) is 0 Å². The van der Waals surface area contributed by atoms with Crippen LogP contribution in [0.2, 0.25) is 0 Å². The van der Waals surface area contributed by atoms with E-state index in [0.717, 1.165) is 32.0 Å². The first kappa shape index (κ1) is 16.9. The number of rotatable bonds is 8. The Balaban J connectivity index is 2.58. The molecule has 3 atom stereocenters. The van der Waals surface area contributed by atoms with E-state index < -0.39 is 0 Å². The van der Waals surface area contributed by atoms with Crippen LogP contribution in [0.25, 0.3) is 0 Å². The predicted molar refractivity (Wildman–Crippen MR) is 80.3 cm³/mol. The second kappa shape index (κ2) is 8.93. The van der Waals surface area contributed by atoms with E-state index in [1.165, 1.54) is 25.7 Å². The lowest BCUT2D eigenvalue weighted by atomic mass is 9.80. The van der Waals surface area contributed by atoms with Crippen molar-refractivity contribution >= 4 is 0 Å². The molecule has 1 aliphatic rings. The molecule has 0 bridgehead atoms. The van der Waals surface area contributed by atoms with Crippen molar-refractivity contribution < 1.29 is 9.84 Å². The summed E-state index contributed by atoms with van der Waals surface area (Å²) in [5, 5.41) is 10.2. The summed E-state index contributed by atoms with van der Waals surface area (Å²) in [5.41, 5.74) is 0. The second-order valence-electron chi connectivity index (χ2n) is 6.20. The largest absolute Gasteiger partial charge is 0.393 e. The van der Waals surface area contributed by atoms with Crippen LogP contribution < -0.4 is 0 Å². The molecule has 1 aliphatic carbocycles. The molecule has 0 heterocycles. The third-order valence-electron chi connectivity index (χ3n) is 4.72. The maximum absolute atomic E-state index is 10.2. The highest BCUT2D eigenvalue weighted by Gasteiger charge is 2.29. The zero-order valence-corrected chi connectivity index (χ0v) is 13.3. The first-order valence-electron chi connectivity index (χ1n) is 8.03. The van der Waals surface area contributed by atoms with Crippen molar-refractivity contribution in [2.75, 3.05) is 26.8 Å². The fraction of sp³-hybridized carbons (Fsp3) is 1.00. The fourth-order valence-corrected chi connectivity index (χ4v) is 3.42. The molecule has 0 saturated heterocycles. The van der Waals surface area contributed by atoms with Gasteiger partial charge in [0.05, 0.1) is 12.7 Å². The van der Waals surface area contributed by atoms with Crippen molar-refractivity contribution in [1.82, 2.24) is 4.90 Å². The Morgan fingerprint density at radius 3 is 2.53 bits per heavy atom. The Morgan fingerprint density at radius 2 is 1.95 bits per heavy atom. The molecule has 0 aromatic heterocycles. The SMILES string of the molecule is CCC(CC)N(CCOC)CC1CC(C)CCC1O. The summed E-state index contributed by atoms with van der Waals surface area (Å²) >= 11 is 0. The van der Waals surface area contributed by atoms with Gasteiger partial charge in [0.15, 0.2) is 0 Å². The van der Waals surface area contributed by atoms with Crippen molar-refractivity contribution in [2.24, 2.45) is 11.8 Å². The van der Waals surface area contributed by atoms with Crippen LogP contribution in [-0.4, -0.2) is 49.0 Å². The van der Waals surface area contributed by atoms with Gasteiger partial charge in [0.25, 0.3) is 0 Å². The summed E-state index contributed by atoms with van der Waals surface area (Å²) in [4.78, 5) is 2.54. The van der Waals surface area contributed by atoms with Crippen molar-refractivity contribution in [3.63, 3.8) is 0 Å². The second-order valence-corrected chi connectivity index (χ2v) is 6.20.